The number of likely N-dealkylation sites (N-methyl/N-ethyl adjacent to an activating group) is 1. The number of halogens is 1. The smallest absolute Gasteiger partial charge is 0.239 e. The first-order valence-electron chi connectivity index (χ1n) is 7.25. The van der Waals surface area contributed by atoms with Crippen LogP contribution in [-0.4, -0.2) is 63.1 Å². The second kappa shape index (κ2) is 6.98. The molecule has 0 aliphatic carbocycles. The first-order valence-corrected chi connectivity index (χ1v) is 9.28. The maximum absolute atomic E-state index is 12.3. The monoisotopic (exact) mass is 344 g/mol. The molecule has 1 aromatic carbocycles. The van der Waals surface area contributed by atoms with Gasteiger partial charge in [0.2, 0.25) is 5.91 Å². The Kier molecular flexibility index (Phi) is 5.47. The molecule has 0 saturated carbocycles. The zero-order valence-electron chi connectivity index (χ0n) is 12.8. The van der Waals surface area contributed by atoms with Crippen LogP contribution in [0, 0.1) is 0 Å². The molecule has 1 fully saturated rings. The average molecular weight is 345 g/mol. The summed E-state index contributed by atoms with van der Waals surface area (Å²) in [6.07, 6.45) is 1.71. The highest BCUT2D eigenvalue weighted by Gasteiger charge is 2.32. The molecule has 0 bridgehead atoms. The van der Waals surface area contributed by atoms with E-state index in [0.29, 0.717) is 11.6 Å². The normalized spacial score (nSPS) is 19.3. The molecule has 0 spiro atoms. The number of rotatable bonds is 5. The van der Waals surface area contributed by atoms with Crippen LogP contribution in [0.5, 0.6) is 0 Å². The fraction of sp³-hybridized carbons (Fsp3) is 0.533. The molecule has 0 N–H and O–H groups in total. The first kappa shape index (κ1) is 17.2. The average Bonchev–Trinajstić information content (AvgIpc) is 2.93. The van der Waals surface area contributed by atoms with E-state index in [-0.39, 0.29) is 22.6 Å². The van der Waals surface area contributed by atoms with Crippen molar-refractivity contribution < 1.29 is 13.2 Å². The van der Waals surface area contributed by atoms with E-state index >= 15 is 0 Å². The molecule has 0 aromatic heterocycles. The lowest BCUT2D eigenvalue weighted by Gasteiger charge is -2.25. The van der Waals surface area contributed by atoms with E-state index in [1.165, 1.54) is 12.1 Å². The summed E-state index contributed by atoms with van der Waals surface area (Å²) in [6.45, 7) is 1.13. The van der Waals surface area contributed by atoms with Crippen molar-refractivity contribution in [3.8, 4) is 0 Å². The largest absolute Gasteiger partial charge is 0.347 e. The van der Waals surface area contributed by atoms with Crippen molar-refractivity contribution in [2.45, 2.75) is 23.8 Å². The number of nitrogens with zero attached hydrogens (tertiary/aromatic N) is 2. The van der Waals surface area contributed by atoms with Crippen LogP contribution < -0.4 is 0 Å². The molecule has 1 aliphatic rings. The Labute approximate surface area is 136 Å². The van der Waals surface area contributed by atoms with Crippen LogP contribution in [0.1, 0.15) is 12.8 Å². The molecule has 5 nitrogen and oxygen atoms in total. The van der Waals surface area contributed by atoms with Gasteiger partial charge < -0.3 is 4.90 Å². The Bertz CT molecular complexity index is 629. The third-order valence-electron chi connectivity index (χ3n) is 3.91. The van der Waals surface area contributed by atoms with E-state index in [1.54, 1.807) is 31.1 Å². The Morgan fingerprint density at radius 1 is 1.32 bits per heavy atom. The van der Waals surface area contributed by atoms with Crippen LogP contribution in [0.2, 0.25) is 5.02 Å². The number of amides is 1. The maximum atomic E-state index is 12.3. The van der Waals surface area contributed by atoms with E-state index in [1.807, 2.05) is 4.90 Å². The van der Waals surface area contributed by atoms with Crippen molar-refractivity contribution in [2.24, 2.45) is 0 Å². The summed E-state index contributed by atoms with van der Waals surface area (Å²) < 4.78 is 24.7. The molecule has 1 amide bonds. The van der Waals surface area contributed by atoms with Crippen molar-refractivity contribution >= 4 is 27.3 Å². The predicted octanol–water partition coefficient (Wildman–Crippen LogP) is 1.67. The Hall–Kier alpha value is -1.11. The number of sulfone groups is 1. The van der Waals surface area contributed by atoms with Crippen molar-refractivity contribution in [2.75, 3.05) is 32.9 Å². The summed E-state index contributed by atoms with van der Waals surface area (Å²) >= 11 is 5.78. The standard InChI is InChI=1S/C15H21ClN2O3S/c1-17(2)15(19)14-4-3-9-18(14)10-11-22(20,21)13-7-5-12(16)6-8-13/h5-8,14H,3-4,9-11H2,1-2H3/t14-/m0/s1. The summed E-state index contributed by atoms with van der Waals surface area (Å²) in [5.74, 6) is 0.0487. The van der Waals surface area contributed by atoms with Crippen molar-refractivity contribution in [3.63, 3.8) is 0 Å². The number of hydrogen-bond donors (Lipinski definition) is 0. The van der Waals surface area contributed by atoms with E-state index < -0.39 is 9.84 Å². The second-order valence-electron chi connectivity index (χ2n) is 5.70. The van der Waals surface area contributed by atoms with E-state index in [4.69, 9.17) is 11.6 Å². The molecule has 1 atom stereocenters. The Balaban J connectivity index is 2.02. The van der Waals surface area contributed by atoms with Gasteiger partial charge in [-0.3, -0.25) is 9.69 Å². The van der Waals surface area contributed by atoms with Gasteiger partial charge >= 0.3 is 0 Å². The van der Waals surface area contributed by atoms with Gasteiger partial charge in [-0.25, -0.2) is 8.42 Å². The fourth-order valence-corrected chi connectivity index (χ4v) is 4.06. The topological polar surface area (TPSA) is 57.7 Å². The SMILES string of the molecule is CN(C)C(=O)[C@@H]1CCCN1CCS(=O)(=O)c1ccc(Cl)cc1. The summed E-state index contributed by atoms with van der Waals surface area (Å²) in [4.78, 5) is 15.9. The summed E-state index contributed by atoms with van der Waals surface area (Å²) in [5.41, 5.74) is 0. The number of hydrogen-bond acceptors (Lipinski definition) is 4. The zero-order chi connectivity index (χ0) is 16.3. The van der Waals surface area contributed by atoms with Gasteiger partial charge in [0.1, 0.15) is 0 Å². The fourth-order valence-electron chi connectivity index (χ4n) is 2.67. The molecule has 1 aromatic rings. The van der Waals surface area contributed by atoms with Crippen LogP contribution in [0.15, 0.2) is 29.2 Å². The van der Waals surface area contributed by atoms with Crippen molar-refractivity contribution in [1.82, 2.24) is 9.80 Å². The molecule has 0 unspecified atom stereocenters. The lowest BCUT2D eigenvalue weighted by molar-refractivity contribution is -0.133. The minimum Gasteiger partial charge on any atom is -0.347 e. The Morgan fingerprint density at radius 2 is 1.95 bits per heavy atom. The van der Waals surface area contributed by atoms with Crippen LogP contribution in [0.4, 0.5) is 0 Å². The molecule has 122 valence electrons. The molecule has 22 heavy (non-hydrogen) atoms. The van der Waals surface area contributed by atoms with E-state index in [2.05, 4.69) is 0 Å². The van der Waals surface area contributed by atoms with E-state index in [0.717, 1.165) is 19.4 Å². The molecule has 0 radical (unpaired) electrons. The lowest BCUT2D eigenvalue weighted by Crippen LogP contribution is -2.44. The molecule has 7 heteroatoms. The number of carbonyl (C=O) groups excluding carboxylic acids is 1. The summed E-state index contributed by atoms with van der Waals surface area (Å²) in [6, 6.07) is 5.98. The quantitative estimate of drug-likeness (QED) is 0.815. The molecular weight excluding hydrogens is 324 g/mol. The molecule has 2 rings (SSSR count). The number of carbonyl (C=O) groups is 1. The molecule has 1 aliphatic heterocycles. The summed E-state index contributed by atoms with van der Waals surface area (Å²) in [5, 5.41) is 0.509. The van der Waals surface area contributed by atoms with Gasteiger partial charge in [-0.05, 0) is 43.7 Å². The first-order chi connectivity index (χ1) is 10.3. The van der Waals surface area contributed by atoms with Crippen LogP contribution in [0.25, 0.3) is 0 Å². The maximum Gasteiger partial charge on any atom is 0.239 e. The van der Waals surface area contributed by atoms with Gasteiger partial charge in [-0.15, -0.1) is 0 Å². The van der Waals surface area contributed by atoms with Gasteiger partial charge in [-0.1, -0.05) is 11.6 Å². The summed E-state index contributed by atoms with van der Waals surface area (Å²) in [7, 11) is 0.0919. The molecule has 1 saturated heterocycles. The minimum absolute atomic E-state index is 0.00579. The molecule has 1 heterocycles. The highest BCUT2D eigenvalue weighted by molar-refractivity contribution is 7.91. The lowest BCUT2D eigenvalue weighted by atomic mass is 10.2. The van der Waals surface area contributed by atoms with Crippen molar-refractivity contribution in [1.29, 1.82) is 0 Å². The van der Waals surface area contributed by atoms with Gasteiger partial charge in [0.15, 0.2) is 9.84 Å². The van der Waals surface area contributed by atoms with Crippen LogP contribution >= 0.6 is 11.6 Å². The van der Waals surface area contributed by atoms with Crippen LogP contribution in [-0.2, 0) is 14.6 Å². The van der Waals surface area contributed by atoms with Gasteiger partial charge in [0.05, 0.1) is 16.7 Å². The van der Waals surface area contributed by atoms with Crippen molar-refractivity contribution in [3.05, 3.63) is 29.3 Å². The van der Waals surface area contributed by atoms with Gasteiger partial charge in [0.25, 0.3) is 0 Å². The highest BCUT2D eigenvalue weighted by Crippen LogP contribution is 2.20. The second-order valence-corrected chi connectivity index (χ2v) is 8.25. The van der Waals surface area contributed by atoms with Crippen LogP contribution in [0.3, 0.4) is 0 Å². The Morgan fingerprint density at radius 3 is 2.55 bits per heavy atom. The minimum atomic E-state index is -3.36. The van der Waals surface area contributed by atoms with Gasteiger partial charge in [-0.2, -0.15) is 0 Å². The number of benzene rings is 1. The highest BCUT2D eigenvalue weighted by atomic mass is 35.5. The predicted molar refractivity (Wildman–Crippen MR) is 86.8 cm³/mol. The zero-order valence-corrected chi connectivity index (χ0v) is 14.4. The van der Waals surface area contributed by atoms with Gasteiger partial charge in [0, 0.05) is 25.7 Å². The third-order valence-corrected chi connectivity index (χ3v) is 5.87. The molecular formula is C15H21ClN2O3S. The van der Waals surface area contributed by atoms with E-state index in [9.17, 15) is 13.2 Å². The third kappa shape index (κ3) is 4.00. The number of likely N-dealkylation sites (tertiary alicyclic amines) is 1.